The maximum atomic E-state index is 11.6. The molecule has 0 aromatic rings. The van der Waals surface area contributed by atoms with Crippen LogP contribution in [0.4, 0.5) is 0 Å². The molecule has 4 heteroatoms. The minimum absolute atomic E-state index is 0.0255. The van der Waals surface area contributed by atoms with Crippen molar-refractivity contribution in [2.45, 2.75) is 58.4 Å². The Hall–Kier alpha value is -0.610. The van der Waals surface area contributed by atoms with E-state index in [0.29, 0.717) is 18.9 Å². The molecule has 0 rings (SSSR count). The summed E-state index contributed by atoms with van der Waals surface area (Å²) in [6.07, 6.45) is 5.19. The number of aliphatic hydroxyl groups is 1. The van der Waals surface area contributed by atoms with E-state index in [0.717, 1.165) is 32.1 Å². The summed E-state index contributed by atoms with van der Waals surface area (Å²) < 4.78 is 0. The summed E-state index contributed by atoms with van der Waals surface area (Å²) in [5.41, 5.74) is 5.81. The summed E-state index contributed by atoms with van der Waals surface area (Å²) in [6.45, 7) is 5.03. The van der Waals surface area contributed by atoms with E-state index in [1.54, 1.807) is 0 Å². The zero-order valence-corrected chi connectivity index (χ0v) is 11.2. The summed E-state index contributed by atoms with van der Waals surface area (Å²) >= 11 is 0. The molecule has 0 heterocycles. The maximum Gasteiger partial charge on any atom is 0.221 e. The molecule has 0 aliphatic rings. The molecule has 0 aromatic heterocycles. The first kappa shape index (κ1) is 16.4. The smallest absolute Gasteiger partial charge is 0.221 e. The van der Waals surface area contributed by atoms with Crippen LogP contribution >= 0.6 is 0 Å². The maximum absolute atomic E-state index is 11.6. The first-order valence-electron chi connectivity index (χ1n) is 6.77. The fourth-order valence-electron chi connectivity index (χ4n) is 1.98. The van der Waals surface area contributed by atoms with Crippen LogP contribution < -0.4 is 11.1 Å². The van der Waals surface area contributed by atoms with Crippen molar-refractivity contribution in [3.63, 3.8) is 0 Å². The molecule has 0 bridgehead atoms. The highest BCUT2D eigenvalue weighted by molar-refractivity contribution is 5.76. The average Bonchev–Trinajstić information content (AvgIpc) is 2.27. The van der Waals surface area contributed by atoms with Crippen molar-refractivity contribution < 1.29 is 9.90 Å². The van der Waals surface area contributed by atoms with Gasteiger partial charge < -0.3 is 16.2 Å². The molecule has 2 unspecified atom stereocenters. The van der Waals surface area contributed by atoms with Crippen molar-refractivity contribution in [1.29, 1.82) is 0 Å². The number of nitrogens with one attached hydrogen (secondary N) is 1. The number of carbonyl (C=O) groups is 1. The Balaban J connectivity index is 3.78. The van der Waals surface area contributed by atoms with Crippen LogP contribution in [0.15, 0.2) is 0 Å². The number of nitrogens with two attached hydrogens (primary N) is 1. The lowest BCUT2D eigenvalue weighted by molar-refractivity contribution is -0.121. The molecule has 0 spiro atoms. The third kappa shape index (κ3) is 9.12. The number of rotatable bonds is 10. The van der Waals surface area contributed by atoms with Gasteiger partial charge in [-0.15, -0.1) is 0 Å². The fourth-order valence-corrected chi connectivity index (χ4v) is 1.98. The van der Waals surface area contributed by atoms with E-state index in [4.69, 9.17) is 10.8 Å². The second kappa shape index (κ2) is 10.5. The Morgan fingerprint density at radius 3 is 2.41 bits per heavy atom. The standard InChI is InChI=1S/C13H28N2O2/c1-3-5-11(7-8-16)10-15-13(17)9-12(14)6-4-2/h11-12,16H,3-10,14H2,1-2H3,(H,15,17). The molecular weight excluding hydrogens is 216 g/mol. The molecule has 0 radical (unpaired) electrons. The second-order valence-corrected chi connectivity index (χ2v) is 4.72. The lowest BCUT2D eigenvalue weighted by atomic mass is 10.00. The molecule has 17 heavy (non-hydrogen) atoms. The van der Waals surface area contributed by atoms with Gasteiger partial charge in [0, 0.05) is 25.6 Å². The van der Waals surface area contributed by atoms with Gasteiger partial charge in [0.15, 0.2) is 0 Å². The van der Waals surface area contributed by atoms with Crippen LogP contribution in [0.5, 0.6) is 0 Å². The molecule has 0 aliphatic heterocycles. The lowest BCUT2D eigenvalue weighted by Crippen LogP contribution is -2.34. The Labute approximate surface area is 105 Å². The van der Waals surface area contributed by atoms with E-state index in [1.165, 1.54) is 0 Å². The first-order valence-corrected chi connectivity index (χ1v) is 6.77. The molecule has 4 N–H and O–H groups in total. The minimum Gasteiger partial charge on any atom is -0.396 e. The van der Waals surface area contributed by atoms with Crippen molar-refractivity contribution in [3.05, 3.63) is 0 Å². The summed E-state index contributed by atoms with van der Waals surface area (Å²) in [6, 6.07) is -0.0255. The third-order valence-corrected chi connectivity index (χ3v) is 2.93. The van der Waals surface area contributed by atoms with Crippen LogP contribution in [0.3, 0.4) is 0 Å². The molecule has 1 amide bonds. The molecule has 4 nitrogen and oxygen atoms in total. The molecule has 0 aliphatic carbocycles. The SMILES string of the molecule is CCCC(N)CC(=O)NCC(CCC)CCO. The van der Waals surface area contributed by atoms with Gasteiger partial charge in [-0.25, -0.2) is 0 Å². The van der Waals surface area contributed by atoms with Gasteiger partial charge in [-0.1, -0.05) is 26.7 Å². The Bertz CT molecular complexity index is 192. The van der Waals surface area contributed by atoms with Gasteiger partial charge in [0.05, 0.1) is 0 Å². The van der Waals surface area contributed by atoms with Crippen molar-refractivity contribution in [3.8, 4) is 0 Å². The van der Waals surface area contributed by atoms with E-state index in [2.05, 4.69) is 19.2 Å². The highest BCUT2D eigenvalue weighted by atomic mass is 16.3. The quantitative estimate of drug-likeness (QED) is 0.544. The number of aliphatic hydroxyl groups excluding tert-OH is 1. The van der Waals surface area contributed by atoms with E-state index in [9.17, 15) is 4.79 Å². The van der Waals surface area contributed by atoms with Gasteiger partial charge in [0.1, 0.15) is 0 Å². The zero-order valence-electron chi connectivity index (χ0n) is 11.2. The predicted octanol–water partition coefficient (Wildman–Crippen LogP) is 1.42. The lowest BCUT2D eigenvalue weighted by Gasteiger charge is -2.16. The van der Waals surface area contributed by atoms with Crippen molar-refractivity contribution in [1.82, 2.24) is 5.32 Å². The van der Waals surface area contributed by atoms with E-state index in [1.807, 2.05) is 0 Å². The van der Waals surface area contributed by atoms with Crippen molar-refractivity contribution in [2.24, 2.45) is 11.7 Å². The van der Waals surface area contributed by atoms with Crippen LogP contribution in [0.25, 0.3) is 0 Å². The highest BCUT2D eigenvalue weighted by Gasteiger charge is 2.11. The Morgan fingerprint density at radius 1 is 1.24 bits per heavy atom. The largest absolute Gasteiger partial charge is 0.396 e. The molecule has 2 atom stereocenters. The second-order valence-electron chi connectivity index (χ2n) is 4.72. The normalized spacial score (nSPS) is 14.4. The molecule has 0 saturated heterocycles. The predicted molar refractivity (Wildman–Crippen MR) is 70.6 cm³/mol. The van der Waals surface area contributed by atoms with E-state index >= 15 is 0 Å². The van der Waals surface area contributed by atoms with Crippen LogP contribution in [0.2, 0.25) is 0 Å². The molecule has 0 aromatic carbocycles. The number of carbonyl (C=O) groups excluding carboxylic acids is 1. The minimum atomic E-state index is -0.0255. The zero-order chi connectivity index (χ0) is 13.1. The molecule has 0 fully saturated rings. The summed E-state index contributed by atoms with van der Waals surface area (Å²) in [5.74, 6) is 0.418. The molecule has 0 saturated carbocycles. The summed E-state index contributed by atoms with van der Waals surface area (Å²) in [5, 5.41) is 11.8. The number of hydrogen-bond acceptors (Lipinski definition) is 3. The van der Waals surface area contributed by atoms with Crippen molar-refractivity contribution in [2.75, 3.05) is 13.2 Å². The van der Waals surface area contributed by atoms with Crippen LogP contribution in [-0.4, -0.2) is 30.2 Å². The van der Waals surface area contributed by atoms with Crippen molar-refractivity contribution >= 4 is 5.91 Å². The van der Waals surface area contributed by atoms with E-state index in [-0.39, 0.29) is 18.6 Å². The van der Waals surface area contributed by atoms with Crippen LogP contribution in [-0.2, 0) is 4.79 Å². The van der Waals surface area contributed by atoms with Crippen LogP contribution in [0.1, 0.15) is 52.4 Å². The van der Waals surface area contributed by atoms with Gasteiger partial charge in [0.25, 0.3) is 0 Å². The number of amides is 1. The van der Waals surface area contributed by atoms with Crippen LogP contribution in [0, 0.1) is 5.92 Å². The Morgan fingerprint density at radius 2 is 1.88 bits per heavy atom. The van der Waals surface area contributed by atoms with Gasteiger partial charge in [-0.05, 0) is 25.2 Å². The van der Waals surface area contributed by atoms with Gasteiger partial charge in [-0.2, -0.15) is 0 Å². The fraction of sp³-hybridized carbons (Fsp3) is 0.923. The van der Waals surface area contributed by atoms with Gasteiger partial charge in [-0.3, -0.25) is 4.79 Å². The summed E-state index contributed by atoms with van der Waals surface area (Å²) in [7, 11) is 0. The topological polar surface area (TPSA) is 75.4 Å². The summed E-state index contributed by atoms with van der Waals surface area (Å²) in [4.78, 5) is 11.6. The monoisotopic (exact) mass is 244 g/mol. The average molecular weight is 244 g/mol. The Kier molecular flexibility index (Phi) is 10.2. The first-order chi connectivity index (χ1) is 8.13. The third-order valence-electron chi connectivity index (χ3n) is 2.93. The van der Waals surface area contributed by atoms with Gasteiger partial charge in [0.2, 0.25) is 5.91 Å². The number of hydrogen-bond donors (Lipinski definition) is 3. The van der Waals surface area contributed by atoms with E-state index < -0.39 is 0 Å². The molecule has 102 valence electrons. The molecular formula is C13H28N2O2. The van der Waals surface area contributed by atoms with Gasteiger partial charge >= 0.3 is 0 Å². The highest BCUT2D eigenvalue weighted by Crippen LogP contribution is 2.09.